The number of imide groups is 1. The summed E-state index contributed by atoms with van der Waals surface area (Å²) in [5, 5.41) is 8.02. The number of aromatic nitrogens is 3. The van der Waals surface area contributed by atoms with Crippen molar-refractivity contribution >= 4 is 17.6 Å². The molecule has 0 aromatic carbocycles. The predicted octanol–water partition coefficient (Wildman–Crippen LogP) is 2.58. The lowest BCUT2D eigenvalue weighted by Crippen LogP contribution is -2.35. The van der Waals surface area contributed by atoms with Crippen molar-refractivity contribution in [3.05, 3.63) is 29.9 Å². The number of urea groups is 1. The van der Waals surface area contributed by atoms with Gasteiger partial charge in [0.25, 0.3) is 5.91 Å². The van der Waals surface area contributed by atoms with E-state index in [0.29, 0.717) is 24.7 Å². The second-order valence-electron chi connectivity index (χ2n) is 7.20. The molecular formula is C18H23N5O3. The third kappa shape index (κ3) is 3.23. The molecule has 138 valence electrons. The van der Waals surface area contributed by atoms with Gasteiger partial charge >= 0.3 is 6.03 Å². The van der Waals surface area contributed by atoms with E-state index in [2.05, 4.69) is 10.3 Å². The molecule has 3 heterocycles. The summed E-state index contributed by atoms with van der Waals surface area (Å²) < 4.78 is 6.73. The molecule has 0 unspecified atom stereocenters. The molecule has 0 N–H and O–H groups in total. The van der Waals surface area contributed by atoms with E-state index in [1.54, 1.807) is 28.2 Å². The van der Waals surface area contributed by atoms with Crippen LogP contribution in [0.4, 0.5) is 10.5 Å². The fraction of sp³-hybridized carbons (Fsp3) is 0.556. The Hall–Kier alpha value is -2.64. The van der Waals surface area contributed by atoms with Crippen molar-refractivity contribution in [3.63, 3.8) is 0 Å². The molecule has 4 rings (SSSR count). The number of amides is 3. The molecule has 2 aromatic rings. The molecular weight excluding hydrogens is 334 g/mol. The fourth-order valence-corrected chi connectivity index (χ4v) is 3.83. The number of nitrogens with zero attached hydrogens (tertiary/aromatic N) is 5. The van der Waals surface area contributed by atoms with E-state index in [0.717, 1.165) is 24.2 Å². The number of anilines is 1. The third-order valence-electron chi connectivity index (χ3n) is 5.30. The Bertz CT molecular complexity index is 805. The molecule has 2 fully saturated rings. The molecule has 1 aliphatic carbocycles. The second-order valence-corrected chi connectivity index (χ2v) is 7.20. The first-order valence-corrected chi connectivity index (χ1v) is 9.16. The van der Waals surface area contributed by atoms with Gasteiger partial charge in [0, 0.05) is 18.3 Å². The molecule has 0 radical (unpaired) electrons. The molecule has 1 saturated heterocycles. The Morgan fingerprint density at radius 1 is 1.19 bits per heavy atom. The number of carbonyl (C=O) groups is 2. The molecule has 2 aromatic heterocycles. The van der Waals surface area contributed by atoms with Gasteiger partial charge in [-0.15, -0.1) is 0 Å². The second kappa shape index (κ2) is 6.93. The van der Waals surface area contributed by atoms with E-state index in [-0.39, 0.29) is 18.5 Å². The summed E-state index contributed by atoms with van der Waals surface area (Å²) in [5.74, 6) is 1.06. The quantitative estimate of drug-likeness (QED) is 0.768. The minimum atomic E-state index is -0.235. The molecule has 2 aliphatic rings. The SMILES string of the molecule is Cc1oncc1Cn1cc(N2C(=O)CN(CC3CCCCC3)C2=O)cn1. The maximum atomic E-state index is 12.7. The minimum Gasteiger partial charge on any atom is -0.361 e. The lowest BCUT2D eigenvalue weighted by atomic mass is 9.89. The topological polar surface area (TPSA) is 84.5 Å². The smallest absolute Gasteiger partial charge is 0.331 e. The van der Waals surface area contributed by atoms with Crippen LogP contribution in [0.25, 0.3) is 0 Å². The normalized spacial score (nSPS) is 19.0. The summed E-state index contributed by atoms with van der Waals surface area (Å²) in [5.41, 5.74) is 1.43. The van der Waals surface area contributed by atoms with Crippen LogP contribution >= 0.6 is 0 Å². The number of aryl methyl sites for hydroxylation is 1. The van der Waals surface area contributed by atoms with Crippen molar-refractivity contribution in [2.75, 3.05) is 18.0 Å². The van der Waals surface area contributed by atoms with Gasteiger partial charge in [-0.1, -0.05) is 24.4 Å². The first-order chi connectivity index (χ1) is 12.6. The van der Waals surface area contributed by atoms with E-state index >= 15 is 0 Å². The van der Waals surface area contributed by atoms with Crippen LogP contribution in [0.15, 0.2) is 23.1 Å². The largest absolute Gasteiger partial charge is 0.361 e. The van der Waals surface area contributed by atoms with Gasteiger partial charge in [0.05, 0.1) is 24.6 Å². The molecule has 1 saturated carbocycles. The standard InChI is InChI=1S/C18H23N5O3/c1-13-15(7-20-26-13)10-22-11-16(8-19-22)23-17(24)12-21(18(23)25)9-14-5-3-2-4-6-14/h7-8,11,14H,2-6,9-10,12H2,1H3. The van der Waals surface area contributed by atoms with Crippen molar-refractivity contribution in [2.45, 2.75) is 45.6 Å². The number of carbonyl (C=O) groups excluding carboxylic acids is 2. The van der Waals surface area contributed by atoms with Crippen LogP contribution in [0, 0.1) is 12.8 Å². The summed E-state index contributed by atoms with van der Waals surface area (Å²) in [6, 6.07) is -0.235. The zero-order chi connectivity index (χ0) is 18.1. The Balaban J connectivity index is 1.44. The first-order valence-electron chi connectivity index (χ1n) is 9.16. The van der Waals surface area contributed by atoms with Gasteiger partial charge in [0.2, 0.25) is 0 Å². The van der Waals surface area contributed by atoms with Gasteiger partial charge in [0.1, 0.15) is 12.3 Å². The lowest BCUT2D eigenvalue weighted by molar-refractivity contribution is -0.116. The number of rotatable bonds is 5. The Morgan fingerprint density at radius 2 is 2.00 bits per heavy atom. The first kappa shape index (κ1) is 16.8. The average Bonchev–Trinajstić information content (AvgIpc) is 3.31. The van der Waals surface area contributed by atoms with Crippen molar-refractivity contribution in [1.29, 1.82) is 0 Å². The van der Waals surface area contributed by atoms with Gasteiger partial charge in [-0.25, -0.2) is 9.69 Å². The summed E-state index contributed by atoms with van der Waals surface area (Å²) >= 11 is 0. The summed E-state index contributed by atoms with van der Waals surface area (Å²) in [6.45, 7) is 3.15. The maximum absolute atomic E-state index is 12.7. The molecule has 8 nitrogen and oxygen atoms in total. The maximum Gasteiger partial charge on any atom is 0.331 e. The highest BCUT2D eigenvalue weighted by Crippen LogP contribution is 2.27. The molecule has 0 spiro atoms. The molecule has 8 heteroatoms. The van der Waals surface area contributed by atoms with Crippen molar-refractivity contribution in [2.24, 2.45) is 5.92 Å². The van der Waals surface area contributed by atoms with Crippen LogP contribution in [-0.4, -0.2) is 44.9 Å². The van der Waals surface area contributed by atoms with Gasteiger partial charge in [0.15, 0.2) is 0 Å². The van der Waals surface area contributed by atoms with Crippen molar-refractivity contribution in [3.8, 4) is 0 Å². The average molecular weight is 357 g/mol. The van der Waals surface area contributed by atoms with Crippen molar-refractivity contribution in [1.82, 2.24) is 19.8 Å². The highest BCUT2D eigenvalue weighted by atomic mass is 16.5. The summed E-state index contributed by atoms with van der Waals surface area (Å²) in [7, 11) is 0. The molecule has 26 heavy (non-hydrogen) atoms. The lowest BCUT2D eigenvalue weighted by Gasteiger charge is -2.26. The number of hydrogen-bond acceptors (Lipinski definition) is 5. The number of hydrogen-bond donors (Lipinski definition) is 0. The van der Waals surface area contributed by atoms with E-state index in [9.17, 15) is 9.59 Å². The van der Waals surface area contributed by atoms with Gasteiger partial charge in [-0.3, -0.25) is 9.48 Å². The van der Waals surface area contributed by atoms with E-state index in [1.807, 2.05) is 6.92 Å². The highest BCUT2D eigenvalue weighted by molar-refractivity contribution is 6.19. The third-order valence-corrected chi connectivity index (χ3v) is 5.30. The minimum absolute atomic E-state index is 0.158. The van der Waals surface area contributed by atoms with Crippen LogP contribution in [0.5, 0.6) is 0 Å². The van der Waals surface area contributed by atoms with Crippen LogP contribution < -0.4 is 4.90 Å². The van der Waals surface area contributed by atoms with Gasteiger partial charge < -0.3 is 9.42 Å². The zero-order valence-electron chi connectivity index (χ0n) is 14.9. The Kier molecular flexibility index (Phi) is 4.48. The van der Waals surface area contributed by atoms with Gasteiger partial charge in [-0.2, -0.15) is 5.10 Å². The summed E-state index contributed by atoms with van der Waals surface area (Å²) in [4.78, 5) is 28.1. The Labute approximate surface area is 151 Å². The van der Waals surface area contributed by atoms with Crippen LogP contribution in [0.1, 0.15) is 43.4 Å². The van der Waals surface area contributed by atoms with Crippen LogP contribution in [-0.2, 0) is 11.3 Å². The van der Waals surface area contributed by atoms with Crippen LogP contribution in [0.3, 0.4) is 0 Å². The highest BCUT2D eigenvalue weighted by Gasteiger charge is 2.38. The summed E-state index contributed by atoms with van der Waals surface area (Å²) in [6.07, 6.45) is 10.9. The van der Waals surface area contributed by atoms with Gasteiger partial charge in [-0.05, 0) is 25.7 Å². The molecule has 1 aliphatic heterocycles. The molecule has 3 amide bonds. The van der Waals surface area contributed by atoms with Crippen LogP contribution in [0.2, 0.25) is 0 Å². The zero-order valence-corrected chi connectivity index (χ0v) is 14.9. The molecule has 0 atom stereocenters. The molecule has 0 bridgehead atoms. The Morgan fingerprint density at radius 3 is 2.73 bits per heavy atom. The predicted molar refractivity (Wildman–Crippen MR) is 93.6 cm³/mol. The monoisotopic (exact) mass is 357 g/mol. The van der Waals surface area contributed by atoms with E-state index < -0.39 is 0 Å². The van der Waals surface area contributed by atoms with E-state index in [1.165, 1.54) is 24.2 Å². The van der Waals surface area contributed by atoms with E-state index in [4.69, 9.17) is 4.52 Å². The fourth-order valence-electron chi connectivity index (χ4n) is 3.83. The van der Waals surface area contributed by atoms with Crippen molar-refractivity contribution < 1.29 is 14.1 Å².